The monoisotopic (exact) mass is 401 g/mol. The standard InChI is InChI=1S/C19H20ClN5OS/c1-12-17(27-19(23-12)24-16-9-6-14(20)11-21-16)18(26)22-10-13-4-7-15(8-5-13)25(2)3/h4-9,11H,10H2,1-3H3,(H,22,26)(H,21,23,24). The van der Waals surface area contributed by atoms with Crippen LogP contribution in [0, 0.1) is 6.92 Å². The smallest absolute Gasteiger partial charge is 0.263 e. The number of benzene rings is 1. The predicted octanol–water partition coefficient (Wildman–Crippen LogP) is 4.24. The van der Waals surface area contributed by atoms with Gasteiger partial charge in [-0.3, -0.25) is 4.79 Å². The average molecular weight is 402 g/mol. The molecule has 0 aliphatic rings. The Morgan fingerprint density at radius 2 is 1.93 bits per heavy atom. The zero-order valence-corrected chi connectivity index (χ0v) is 16.9. The van der Waals surface area contributed by atoms with Gasteiger partial charge in [-0.15, -0.1) is 0 Å². The first-order valence-electron chi connectivity index (χ1n) is 8.33. The molecule has 0 radical (unpaired) electrons. The van der Waals surface area contributed by atoms with Crippen molar-refractivity contribution in [2.75, 3.05) is 24.3 Å². The van der Waals surface area contributed by atoms with Crippen molar-refractivity contribution < 1.29 is 4.79 Å². The van der Waals surface area contributed by atoms with Gasteiger partial charge in [-0.1, -0.05) is 35.1 Å². The summed E-state index contributed by atoms with van der Waals surface area (Å²) in [6.07, 6.45) is 1.56. The summed E-state index contributed by atoms with van der Waals surface area (Å²) in [5, 5.41) is 7.22. The Balaban J connectivity index is 1.62. The van der Waals surface area contributed by atoms with Crippen LogP contribution in [0.5, 0.6) is 0 Å². The molecule has 0 bridgehead atoms. The van der Waals surface area contributed by atoms with Gasteiger partial charge in [-0.05, 0) is 36.8 Å². The number of aromatic nitrogens is 2. The molecule has 2 N–H and O–H groups in total. The van der Waals surface area contributed by atoms with Crippen LogP contribution in [0.15, 0.2) is 42.6 Å². The number of rotatable bonds is 6. The second-order valence-corrected chi connectivity index (χ2v) is 7.60. The predicted molar refractivity (Wildman–Crippen MR) is 111 cm³/mol. The number of nitrogens with one attached hydrogen (secondary N) is 2. The lowest BCUT2D eigenvalue weighted by atomic mass is 10.2. The van der Waals surface area contributed by atoms with Crippen LogP contribution in [0.4, 0.5) is 16.6 Å². The van der Waals surface area contributed by atoms with Gasteiger partial charge in [0.1, 0.15) is 10.7 Å². The third-order valence-electron chi connectivity index (χ3n) is 3.87. The van der Waals surface area contributed by atoms with Crippen LogP contribution in [0.3, 0.4) is 0 Å². The lowest BCUT2D eigenvalue weighted by molar-refractivity contribution is 0.0954. The molecule has 0 saturated carbocycles. The molecule has 2 heterocycles. The molecule has 6 nitrogen and oxygen atoms in total. The Labute approximate surface area is 167 Å². The lowest BCUT2D eigenvalue weighted by Crippen LogP contribution is -2.22. The summed E-state index contributed by atoms with van der Waals surface area (Å²) in [7, 11) is 3.99. The quantitative estimate of drug-likeness (QED) is 0.646. The van der Waals surface area contributed by atoms with Gasteiger partial charge in [0.15, 0.2) is 5.13 Å². The molecule has 0 saturated heterocycles. The Kier molecular flexibility index (Phi) is 5.93. The fourth-order valence-electron chi connectivity index (χ4n) is 2.39. The molecule has 3 rings (SSSR count). The first-order valence-corrected chi connectivity index (χ1v) is 9.52. The summed E-state index contributed by atoms with van der Waals surface area (Å²) >= 11 is 7.13. The van der Waals surface area contributed by atoms with Crippen LogP contribution in [-0.2, 0) is 6.54 Å². The lowest BCUT2D eigenvalue weighted by Gasteiger charge is -2.12. The third kappa shape index (κ3) is 4.96. The van der Waals surface area contributed by atoms with E-state index in [0.29, 0.717) is 33.1 Å². The topological polar surface area (TPSA) is 70.1 Å². The van der Waals surface area contributed by atoms with Gasteiger partial charge in [0.25, 0.3) is 5.91 Å². The van der Waals surface area contributed by atoms with Gasteiger partial charge >= 0.3 is 0 Å². The summed E-state index contributed by atoms with van der Waals surface area (Å²) in [5.74, 6) is 0.486. The number of nitrogens with zero attached hydrogens (tertiary/aromatic N) is 3. The Morgan fingerprint density at radius 1 is 1.19 bits per heavy atom. The molecule has 0 spiro atoms. The normalized spacial score (nSPS) is 10.5. The largest absolute Gasteiger partial charge is 0.378 e. The maximum atomic E-state index is 12.5. The summed E-state index contributed by atoms with van der Waals surface area (Å²) in [4.78, 5) is 23.7. The number of hydrogen-bond donors (Lipinski definition) is 2. The molecule has 1 amide bonds. The molecule has 140 valence electrons. The van der Waals surface area contributed by atoms with Crippen LogP contribution in [0.25, 0.3) is 0 Å². The van der Waals surface area contributed by atoms with E-state index < -0.39 is 0 Å². The van der Waals surface area contributed by atoms with E-state index in [-0.39, 0.29) is 5.91 Å². The summed E-state index contributed by atoms with van der Waals surface area (Å²) in [6, 6.07) is 11.6. The fourth-order valence-corrected chi connectivity index (χ4v) is 3.40. The van der Waals surface area contributed by atoms with Crippen molar-refractivity contribution in [1.82, 2.24) is 15.3 Å². The number of pyridine rings is 1. The van der Waals surface area contributed by atoms with Crippen LogP contribution in [-0.4, -0.2) is 30.0 Å². The number of hydrogen-bond acceptors (Lipinski definition) is 6. The van der Waals surface area contributed by atoms with Crippen LogP contribution >= 0.6 is 22.9 Å². The third-order valence-corrected chi connectivity index (χ3v) is 5.17. The van der Waals surface area contributed by atoms with Crippen LogP contribution < -0.4 is 15.5 Å². The number of halogens is 1. The van der Waals surface area contributed by atoms with E-state index in [1.807, 2.05) is 50.2 Å². The van der Waals surface area contributed by atoms with E-state index in [4.69, 9.17) is 11.6 Å². The fraction of sp³-hybridized carbons (Fsp3) is 0.211. The van der Waals surface area contributed by atoms with Crippen molar-refractivity contribution >= 4 is 45.5 Å². The van der Waals surface area contributed by atoms with Gasteiger partial charge in [-0.2, -0.15) is 0 Å². The second-order valence-electron chi connectivity index (χ2n) is 6.16. The van der Waals surface area contributed by atoms with E-state index in [0.717, 1.165) is 11.3 Å². The first-order chi connectivity index (χ1) is 12.9. The van der Waals surface area contributed by atoms with Crippen molar-refractivity contribution in [3.63, 3.8) is 0 Å². The van der Waals surface area contributed by atoms with Crippen molar-refractivity contribution in [3.8, 4) is 0 Å². The van der Waals surface area contributed by atoms with E-state index in [1.54, 1.807) is 18.3 Å². The van der Waals surface area contributed by atoms with Gasteiger partial charge in [0.2, 0.25) is 0 Å². The van der Waals surface area contributed by atoms with Crippen molar-refractivity contribution in [1.29, 1.82) is 0 Å². The molecule has 0 unspecified atom stereocenters. The maximum Gasteiger partial charge on any atom is 0.263 e. The highest BCUT2D eigenvalue weighted by molar-refractivity contribution is 7.17. The highest BCUT2D eigenvalue weighted by Gasteiger charge is 2.15. The van der Waals surface area contributed by atoms with E-state index >= 15 is 0 Å². The molecule has 0 aliphatic heterocycles. The summed E-state index contributed by atoms with van der Waals surface area (Å²) in [6.45, 7) is 2.28. The molecule has 27 heavy (non-hydrogen) atoms. The van der Waals surface area contributed by atoms with Crippen molar-refractivity contribution in [2.24, 2.45) is 0 Å². The van der Waals surface area contributed by atoms with Crippen molar-refractivity contribution in [3.05, 3.63) is 63.8 Å². The average Bonchev–Trinajstić information content (AvgIpc) is 3.02. The highest BCUT2D eigenvalue weighted by Crippen LogP contribution is 2.25. The number of anilines is 3. The number of aryl methyl sites for hydroxylation is 1. The number of amides is 1. The van der Waals surface area contributed by atoms with Gasteiger partial charge < -0.3 is 15.5 Å². The molecule has 8 heteroatoms. The summed E-state index contributed by atoms with van der Waals surface area (Å²) < 4.78 is 0. The van der Waals surface area contributed by atoms with Crippen LogP contribution in [0.2, 0.25) is 5.02 Å². The number of carbonyl (C=O) groups excluding carboxylic acids is 1. The molecular weight excluding hydrogens is 382 g/mol. The number of carbonyl (C=O) groups is 1. The van der Waals surface area contributed by atoms with Gasteiger partial charge in [0.05, 0.1) is 10.7 Å². The molecule has 1 aromatic carbocycles. The number of thiazole rings is 1. The highest BCUT2D eigenvalue weighted by atomic mass is 35.5. The molecule has 0 aliphatic carbocycles. The minimum atomic E-state index is -0.140. The first kappa shape index (κ1) is 19.1. The Bertz CT molecular complexity index is 922. The zero-order chi connectivity index (χ0) is 19.4. The molecular formula is C19H20ClN5OS. The van der Waals surface area contributed by atoms with Gasteiger partial charge in [-0.25, -0.2) is 9.97 Å². The SMILES string of the molecule is Cc1nc(Nc2ccc(Cl)cn2)sc1C(=O)NCc1ccc(N(C)C)cc1. The molecule has 0 atom stereocenters. The van der Waals surface area contributed by atoms with E-state index in [2.05, 4.69) is 20.6 Å². The Hall–Kier alpha value is -2.64. The maximum absolute atomic E-state index is 12.5. The molecule has 2 aromatic heterocycles. The summed E-state index contributed by atoms with van der Waals surface area (Å²) in [5.41, 5.74) is 2.84. The minimum absolute atomic E-state index is 0.140. The van der Waals surface area contributed by atoms with E-state index in [1.165, 1.54) is 11.3 Å². The van der Waals surface area contributed by atoms with Gasteiger partial charge in [0, 0.05) is 32.5 Å². The Morgan fingerprint density at radius 3 is 2.56 bits per heavy atom. The zero-order valence-electron chi connectivity index (χ0n) is 15.3. The van der Waals surface area contributed by atoms with Crippen molar-refractivity contribution in [2.45, 2.75) is 13.5 Å². The van der Waals surface area contributed by atoms with E-state index in [9.17, 15) is 4.79 Å². The molecule has 3 aromatic rings. The molecule has 0 fully saturated rings. The minimum Gasteiger partial charge on any atom is -0.378 e. The second kappa shape index (κ2) is 8.37. The van der Waals surface area contributed by atoms with Crippen LogP contribution in [0.1, 0.15) is 20.9 Å².